The molecule has 1 aliphatic carbocycles. The van der Waals surface area contributed by atoms with Crippen molar-refractivity contribution >= 4 is 16.8 Å². The molecule has 1 aliphatic heterocycles. The molecule has 1 heterocycles. The summed E-state index contributed by atoms with van der Waals surface area (Å²) in [5.41, 5.74) is -0.436. The van der Waals surface area contributed by atoms with E-state index in [2.05, 4.69) is 4.99 Å². The fraction of sp³-hybridized carbons (Fsp3) is 0.316. The van der Waals surface area contributed by atoms with Gasteiger partial charge in [0.25, 0.3) is 0 Å². The molecule has 142 valence electrons. The molecule has 0 fully saturated rings. The molecule has 0 radical (unpaired) electrons. The molecule has 1 nitrogen and oxygen atoms in total. The number of halogens is 6. The van der Waals surface area contributed by atoms with Gasteiger partial charge in [-0.2, -0.15) is 26.3 Å². The van der Waals surface area contributed by atoms with E-state index in [0.717, 1.165) is 28.3 Å². The van der Waals surface area contributed by atoms with Crippen molar-refractivity contribution in [3.63, 3.8) is 0 Å². The first kappa shape index (κ1) is 18.4. The molecule has 2 aliphatic rings. The molecule has 2 aromatic rings. The van der Waals surface area contributed by atoms with Crippen molar-refractivity contribution in [2.24, 2.45) is 4.99 Å². The number of rotatable bonds is 1. The zero-order valence-corrected chi connectivity index (χ0v) is 14.8. The molecule has 0 saturated carbocycles. The standard InChI is InChI=1S/C19H13F6NS/c1-9-26-17-15-3-2-10(4-12(15)7-16(17)27-9)11-5-13(18(20,21)22)8-14(6-11)19(23,24)25/h2-6,8,16-17H,7H2,1H3. The van der Waals surface area contributed by atoms with Gasteiger partial charge in [0.05, 0.1) is 22.2 Å². The van der Waals surface area contributed by atoms with Crippen LogP contribution < -0.4 is 0 Å². The van der Waals surface area contributed by atoms with E-state index < -0.39 is 23.5 Å². The highest BCUT2D eigenvalue weighted by molar-refractivity contribution is 8.14. The Labute approximate surface area is 155 Å². The van der Waals surface area contributed by atoms with E-state index >= 15 is 0 Å². The Hall–Kier alpha value is -1.96. The van der Waals surface area contributed by atoms with Crippen molar-refractivity contribution in [2.75, 3.05) is 0 Å². The molecular weight excluding hydrogens is 388 g/mol. The van der Waals surface area contributed by atoms with Crippen molar-refractivity contribution in [1.82, 2.24) is 0 Å². The molecule has 2 aromatic carbocycles. The number of hydrogen-bond donors (Lipinski definition) is 0. The van der Waals surface area contributed by atoms with Crippen molar-refractivity contribution < 1.29 is 26.3 Å². The van der Waals surface area contributed by atoms with Gasteiger partial charge >= 0.3 is 12.4 Å². The Morgan fingerprint density at radius 2 is 1.52 bits per heavy atom. The van der Waals surface area contributed by atoms with Crippen LogP contribution in [0.1, 0.15) is 35.2 Å². The van der Waals surface area contributed by atoms with Gasteiger partial charge in [-0.3, -0.25) is 4.99 Å². The average molecular weight is 401 g/mol. The molecule has 2 atom stereocenters. The maximum absolute atomic E-state index is 13.1. The third-order valence-electron chi connectivity index (χ3n) is 4.80. The maximum Gasteiger partial charge on any atom is 0.416 e. The van der Waals surface area contributed by atoms with Crippen LogP contribution >= 0.6 is 11.8 Å². The van der Waals surface area contributed by atoms with E-state index in [1.54, 1.807) is 30.0 Å². The van der Waals surface area contributed by atoms with E-state index in [9.17, 15) is 26.3 Å². The summed E-state index contributed by atoms with van der Waals surface area (Å²) in [5.74, 6) is 0. The van der Waals surface area contributed by atoms with Gasteiger partial charge in [-0.15, -0.1) is 11.8 Å². The van der Waals surface area contributed by atoms with Crippen LogP contribution in [0.2, 0.25) is 0 Å². The first-order valence-electron chi connectivity index (χ1n) is 8.16. The molecule has 2 unspecified atom stereocenters. The van der Waals surface area contributed by atoms with Crippen LogP contribution in [-0.2, 0) is 18.8 Å². The van der Waals surface area contributed by atoms with Crippen molar-refractivity contribution in [1.29, 1.82) is 0 Å². The molecule has 8 heteroatoms. The highest BCUT2D eigenvalue weighted by Crippen LogP contribution is 2.47. The van der Waals surface area contributed by atoms with Crippen LogP contribution in [0.4, 0.5) is 26.3 Å². The first-order valence-corrected chi connectivity index (χ1v) is 9.04. The minimum absolute atomic E-state index is 0.0197. The molecule has 27 heavy (non-hydrogen) atoms. The van der Waals surface area contributed by atoms with E-state index in [0.29, 0.717) is 12.0 Å². The van der Waals surface area contributed by atoms with Gasteiger partial charge in [0.1, 0.15) is 0 Å². The van der Waals surface area contributed by atoms with Gasteiger partial charge in [-0.25, -0.2) is 0 Å². The third-order valence-corrected chi connectivity index (χ3v) is 5.97. The summed E-state index contributed by atoms with van der Waals surface area (Å²) >= 11 is 1.66. The Kier molecular flexibility index (Phi) is 4.10. The Morgan fingerprint density at radius 1 is 0.889 bits per heavy atom. The first-order chi connectivity index (χ1) is 12.5. The SMILES string of the molecule is CC1=NC2c3ccc(-c4cc(C(F)(F)F)cc(C(F)(F)F)c4)cc3CC2S1. The lowest BCUT2D eigenvalue weighted by molar-refractivity contribution is -0.143. The lowest BCUT2D eigenvalue weighted by atomic mass is 9.96. The zero-order valence-electron chi connectivity index (χ0n) is 13.9. The van der Waals surface area contributed by atoms with Gasteiger partial charge in [0, 0.05) is 5.25 Å². The lowest BCUT2D eigenvalue weighted by Gasteiger charge is -2.15. The number of benzene rings is 2. The van der Waals surface area contributed by atoms with E-state index in [1.165, 1.54) is 0 Å². The smallest absolute Gasteiger partial charge is 0.274 e. The fourth-order valence-electron chi connectivity index (χ4n) is 3.61. The summed E-state index contributed by atoms with van der Waals surface area (Å²) in [7, 11) is 0. The van der Waals surface area contributed by atoms with Crippen LogP contribution in [0.3, 0.4) is 0 Å². The number of nitrogens with zero attached hydrogens (tertiary/aromatic N) is 1. The van der Waals surface area contributed by atoms with E-state index in [-0.39, 0.29) is 22.9 Å². The number of hydrogen-bond acceptors (Lipinski definition) is 2. The summed E-state index contributed by atoms with van der Waals surface area (Å²) in [4.78, 5) is 4.57. The zero-order chi connectivity index (χ0) is 19.6. The van der Waals surface area contributed by atoms with Crippen LogP contribution in [0.25, 0.3) is 11.1 Å². The third kappa shape index (κ3) is 3.35. The van der Waals surface area contributed by atoms with Gasteiger partial charge in [-0.05, 0) is 53.8 Å². The predicted octanol–water partition coefficient (Wildman–Crippen LogP) is 6.52. The summed E-state index contributed by atoms with van der Waals surface area (Å²) in [5, 5.41) is 1.25. The monoisotopic (exact) mass is 401 g/mol. The minimum Gasteiger partial charge on any atom is -0.274 e. The fourth-order valence-corrected chi connectivity index (χ4v) is 4.82. The molecule has 0 amide bonds. The van der Waals surface area contributed by atoms with Crippen LogP contribution in [0.15, 0.2) is 41.4 Å². The molecule has 0 aromatic heterocycles. The minimum atomic E-state index is -4.85. The number of thioether (sulfide) groups is 1. The topological polar surface area (TPSA) is 12.4 Å². The number of aliphatic imine (C=N–C) groups is 1. The lowest BCUT2D eigenvalue weighted by Crippen LogP contribution is -2.11. The van der Waals surface area contributed by atoms with Gasteiger partial charge < -0.3 is 0 Å². The largest absolute Gasteiger partial charge is 0.416 e. The van der Waals surface area contributed by atoms with Crippen LogP contribution in [0.5, 0.6) is 0 Å². The van der Waals surface area contributed by atoms with Crippen molar-refractivity contribution in [2.45, 2.75) is 37.0 Å². The normalized spacial score (nSPS) is 21.8. The second-order valence-corrected chi connectivity index (χ2v) is 8.09. The van der Waals surface area contributed by atoms with Gasteiger partial charge in [-0.1, -0.05) is 18.2 Å². The molecule has 0 N–H and O–H groups in total. The summed E-state index contributed by atoms with van der Waals surface area (Å²) in [6.45, 7) is 1.93. The highest BCUT2D eigenvalue weighted by Gasteiger charge is 2.39. The number of alkyl halides is 6. The second kappa shape index (κ2) is 6.02. The predicted molar refractivity (Wildman–Crippen MR) is 92.8 cm³/mol. The van der Waals surface area contributed by atoms with E-state index in [4.69, 9.17) is 0 Å². The molecule has 0 bridgehead atoms. The highest BCUT2D eigenvalue weighted by atomic mass is 32.2. The van der Waals surface area contributed by atoms with Crippen LogP contribution in [-0.4, -0.2) is 10.3 Å². The molecule has 0 saturated heterocycles. The Morgan fingerprint density at radius 3 is 2.11 bits per heavy atom. The molecule has 4 rings (SSSR count). The Bertz CT molecular complexity index is 912. The molecular formula is C19H13F6NS. The number of fused-ring (bicyclic) bond motifs is 3. The van der Waals surface area contributed by atoms with Gasteiger partial charge in [0.15, 0.2) is 0 Å². The average Bonchev–Trinajstić information content (AvgIpc) is 3.07. The maximum atomic E-state index is 13.1. The Balaban J connectivity index is 1.79. The summed E-state index contributed by atoms with van der Waals surface area (Å²) in [6, 6.07) is 6.74. The summed E-state index contributed by atoms with van der Waals surface area (Å²) in [6.07, 6.45) is -9.01. The van der Waals surface area contributed by atoms with E-state index in [1.807, 2.05) is 6.92 Å². The van der Waals surface area contributed by atoms with Crippen molar-refractivity contribution in [3.8, 4) is 11.1 Å². The van der Waals surface area contributed by atoms with Gasteiger partial charge in [0.2, 0.25) is 0 Å². The summed E-state index contributed by atoms with van der Waals surface area (Å²) < 4.78 is 78.5. The van der Waals surface area contributed by atoms with Crippen LogP contribution in [0, 0.1) is 0 Å². The second-order valence-electron chi connectivity index (χ2n) is 6.66. The van der Waals surface area contributed by atoms with Crippen molar-refractivity contribution in [3.05, 3.63) is 58.7 Å². The quantitative estimate of drug-likeness (QED) is 0.496. The molecule has 0 spiro atoms.